The molecule has 0 fully saturated rings. The standard InChI is InChI=1S/C19H23N3O4S/c1-3-12-27(25,26)22-16-10-8-15(9-11-16)21-19(24)14-6-5-7-17(13-14)20-18(23)4-2/h5-11,13,22H,3-4,12H2,1-2H3,(H,20,23)(H,21,24). The first kappa shape index (κ1) is 20.4. The van der Waals surface area contributed by atoms with Crippen LogP contribution >= 0.6 is 0 Å². The Balaban J connectivity index is 2.04. The summed E-state index contributed by atoms with van der Waals surface area (Å²) >= 11 is 0. The third-order valence-electron chi connectivity index (χ3n) is 3.62. The number of anilines is 3. The molecule has 7 nitrogen and oxygen atoms in total. The number of hydrogen-bond acceptors (Lipinski definition) is 4. The molecule has 0 aliphatic heterocycles. The monoisotopic (exact) mass is 389 g/mol. The van der Waals surface area contributed by atoms with E-state index in [1.165, 1.54) is 0 Å². The topological polar surface area (TPSA) is 104 Å². The number of carbonyl (C=O) groups is 2. The number of benzene rings is 2. The first-order valence-corrected chi connectivity index (χ1v) is 10.3. The van der Waals surface area contributed by atoms with Crippen LogP contribution in [0.1, 0.15) is 37.0 Å². The summed E-state index contributed by atoms with van der Waals surface area (Å²) in [4.78, 5) is 23.9. The summed E-state index contributed by atoms with van der Waals surface area (Å²) in [5, 5.41) is 5.45. The summed E-state index contributed by atoms with van der Waals surface area (Å²) < 4.78 is 26.0. The minimum atomic E-state index is -3.35. The van der Waals surface area contributed by atoms with Crippen LogP contribution < -0.4 is 15.4 Å². The number of carbonyl (C=O) groups excluding carboxylic acids is 2. The quantitative estimate of drug-likeness (QED) is 0.643. The van der Waals surface area contributed by atoms with Crippen LogP contribution in [0.5, 0.6) is 0 Å². The van der Waals surface area contributed by atoms with E-state index in [1.807, 2.05) is 0 Å². The van der Waals surface area contributed by atoms with Crippen LogP contribution in [0, 0.1) is 0 Å². The molecule has 2 amide bonds. The molecule has 27 heavy (non-hydrogen) atoms. The molecule has 0 aliphatic carbocycles. The van der Waals surface area contributed by atoms with Crippen LogP contribution in [0.25, 0.3) is 0 Å². The molecule has 0 atom stereocenters. The molecular formula is C19H23N3O4S. The average Bonchev–Trinajstić information content (AvgIpc) is 2.63. The molecule has 0 radical (unpaired) electrons. The van der Waals surface area contributed by atoms with E-state index in [-0.39, 0.29) is 17.6 Å². The number of amides is 2. The summed E-state index contributed by atoms with van der Waals surface area (Å²) in [5.41, 5.74) is 1.92. The molecule has 144 valence electrons. The van der Waals surface area contributed by atoms with Gasteiger partial charge in [-0.25, -0.2) is 8.42 Å². The van der Waals surface area contributed by atoms with Crippen molar-refractivity contribution in [2.75, 3.05) is 21.1 Å². The van der Waals surface area contributed by atoms with E-state index in [2.05, 4.69) is 15.4 Å². The molecule has 0 heterocycles. The van der Waals surface area contributed by atoms with E-state index in [1.54, 1.807) is 62.4 Å². The van der Waals surface area contributed by atoms with Crippen molar-refractivity contribution in [3.8, 4) is 0 Å². The van der Waals surface area contributed by atoms with Gasteiger partial charge in [-0.15, -0.1) is 0 Å². The van der Waals surface area contributed by atoms with Gasteiger partial charge >= 0.3 is 0 Å². The number of rotatable bonds is 8. The Kier molecular flexibility index (Phi) is 6.95. The molecule has 2 aromatic rings. The maximum Gasteiger partial charge on any atom is 0.255 e. The maximum atomic E-state index is 12.4. The Morgan fingerprint density at radius 3 is 2.19 bits per heavy atom. The van der Waals surface area contributed by atoms with Gasteiger partial charge in [0.05, 0.1) is 5.75 Å². The highest BCUT2D eigenvalue weighted by Gasteiger charge is 2.10. The molecule has 8 heteroatoms. The summed E-state index contributed by atoms with van der Waals surface area (Å²) in [7, 11) is -3.35. The normalized spacial score (nSPS) is 10.9. The van der Waals surface area contributed by atoms with Gasteiger partial charge in [-0.2, -0.15) is 0 Å². The fourth-order valence-electron chi connectivity index (χ4n) is 2.31. The van der Waals surface area contributed by atoms with E-state index >= 15 is 0 Å². The van der Waals surface area contributed by atoms with Gasteiger partial charge in [-0.3, -0.25) is 14.3 Å². The Morgan fingerprint density at radius 1 is 0.889 bits per heavy atom. The van der Waals surface area contributed by atoms with Crippen molar-refractivity contribution in [1.82, 2.24) is 0 Å². The van der Waals surface area contributed by atoms with Crippen LogP contribution in [0.2, 0.25) is 0 Å². The van der Waals surface area contributed by atoms with Gasteiger partial charge in [0, 0.05) is 29.0 Å². The lowest BCUT2D eigenvalue weighted by Gasteiger charge is -2.10. The predicted octanol–water partition coefficient (Wildman–Crippen LogP) is 3.44. The van der Waals surface area contributed by atoms with Crippen LogP contribution in [-0.4, -0.2) is 26.0 Å². The molecular weight excluding hydrogens is 366 g/mol. The van der Waals surface area contributed by atoms with E-state index < -0.39 is 10.0 Å². The lowest BCUT2D eigenvalue weighted by molar-refractivity contribution is -0.115. The highest BCUT2D eigenvalue weighted by Crippen LogP contribution is 2.17. The molecule has 0 saturated heterocycles. The Morgan fingerprint density at radius 2 is 1.56 bits per heavy atom. The number of sulfonamides is 1. The van der Waals surface area contributed by atoms with Gasteiger partial charge < -0.3 is 10.6 Å². The molecule has 2 aromatic carbocycles. The average molecular weight is 389 g/mol. The number of nitrogens with one attached hydrogen (secondary N) is 3. The molecule has 0 aromatic heterocycles. The van der Waals surface area contributed by atoms with Crippen molar-refractivity contribution in [3.05, 3.63) is 54.1 Å². The van der Waals surface area contributed by atoms with Crippen molar-refractivity contribution in [1.29, 1.82) is 0 Å². The van der Waals surface area contributed by atoms with Gasteiger partial charge in [0.2, 0.25) is 15.9 Å². The van der Waals surface area contributed by atoms with Gasteiger partial charge in [-0.1, -0.05) is 19.9 Å². The van der Waals surface area contributed by atoms with E-state index in [9.17, 15) is 18.0 Å². The van der Waals surface area contributed by atoms with E-state index in [0.29, 0.717) is 35.5 Å². The fraction of sp³-hybridized carbons (Fsp3) is 0.263. The van der Waals surface area contributed by atoms with Crippen LogP contribution in [0.3, 0.4) is 0 Å². The molecule has 0 spiro atoms. The molecule has 0 bridgehead atoms. The van der Waals surface area contributed by atoms with Gasteiger partial charge in [0.15, 0.2) is 0 Å². The zero-order valence-electron chi connectivity index (χ0n) is 15.3. The SMILES string of the molecule is CCCS(=O)(=O)Nc1ccc(NC(=O)c2cccc(NC(=O)CC)c2)cc1. The fourth-order valence-corrected chi connectivity index (χ4v) is 3.45. The minimum Gasteiger partial charge on any atom is -0.326 e. The summed E-state index contributed by atoms with van der Waals surface area (Å²) in [5.74, 6) is -0.410. The van der Waals surface area contributed by atoms with Crippen molar-refractivity contribution < 1.29 is 18.0 Å². The molecule has 0 unspecified atom stereocenters. The highest BCUT2D eigenvalue weighted by molar-refractivity contribution is 7.92. The first-order valence-electron chi connectivity index (χ1n) is 8.64. The molecule has 2 rings (SSSR count). The van der Waals surface area contributed by atoms with Crippen molar-refractivity contribution >= 4 is 38.9 Å². The molecule has 3 N–H and O–H groups in total. The number of hydrogen-bond donors (Lipinski definition) is 3. The van der Waals surface area contributed by atoms with E-state index in [0.717, 1.165) is 0 Å². The Bertz CT molecular complexity index is 909. The van der Waals surface area contributed by atoms with Crippen molar-refractivity contribution in [2.45, 2.75) is 26.7 Å². The summed E-state index contributed by atoms with van der Waals surface area (Å²) in [6, 6.07) is 13.0. The third-order valence-corrected chi connectivity index (χ3v) is 5.11. The highest BCUT2D eigenvalue weighted by atomic mass is 32.2. The van der Waals surface area contributed by atoms with Crippen LogP contribution in [0.4, 0.5) is 17.1 Å². The summed E-state index contributed by atoms with van der Waals surface area (Å²) in [6.45, 7) is 3.54. The zero-order valence-corrected chi connectivity index (χ0v) is 16.1. The van der Waals surface area contributed by atoms with E-state index in [4.69, 9.17) is 0 Å². The Labute approximate surface area is 159 Å². The zero-order chi connectivity index (χ0) is 19.9. The predicted molar refractivity (Wildman–Crippen MR) is 107 cm³/mol. The van der Waals surface area contributed by atoms with Crippen LogP contribution in [-0.2, 0) is 14.8 Å². The maximum absolute atomic E-state index is 12.4. The molecule has 0 saturated carbocycles. The third kappa shape index (κ3) is 6.41. The lowest BCUT2D eigenvalue weighted by atomic mass is 10.1. The minimum absolute atomic E-state index is 0.0520. The van der Waals surface area contributed by atoms with Crippen molar-refractivity contribution in [3.63, 3.8) is 0 Å². The second kappa shape index (κ2) is 9.18. The van der Waals surface area contributed by atoms with Gasteiger partial charge in [0.25, 0.3) is 5.91 Å². The molecule has 0 aliphatic rings. The largest absolute Gasteiger partial charge is 0.326 e. The second-order valence-electron chi connectivity index (χ2n) is 5.93. The van der Waals surface area contributed by atoms with Gasteiger partial charge in [0.1, 0.15) is 0 Å². The Hall–Kier alpha value is -2.87. The second-order valence-corrected chi connectivity index (χ2v) is 7.78. The van der Waals surface area contributed by atoms with Gasteiger partial charge in [-0.05, 0) is 48.9 Å². The van der Waals surface area contributed by atoms with Crippen molar-refractivity contribution in [2.24, 2.45) is 0 Å². The van der Waals surface area contributed by atoms with Crippen LogP contribution in [0.15, 0.2) is 48.5 Å². The smallest absolute Gasteiger partial charge is 0.255 e. The first-order chi connectivity index (χ1) is 12.8. The lowest BCUT2D eigenvalue weighted by Crippen LogP contribution is -2.16. The summed E-state index contributed by atoms with van der Waals surface area (Å²) in [6.07, 6.45) is 0.881.